The van der Waals surface area contributed by atoms with Gasteiger partial charge in [-0.15, -0.1) is 0 Å². The van der Waals surface area contributed by atoms with Crippen LogP contribution in [0.1, 0.15) is 10.4 Å². The second kappa shape index (κ2) is 6.02. The standard InChI is InChI=1S/C18H12BrNO/c19-17-8-5-14(6-9-17)16-7-10-18(20-11-16)15-3-1-13(12-21)2-4-15/h1-12H. The van der Waals surface area contributed by atoms with Crippen molar-refractivity contribution in [1.29, 1.82) is 0 Å². The molecule has 0 fully saturated rings. The van der Waals surface area contributed by atoms with Crippen molar-refractivity contribution in [2.24, 2.45) is 0 Å². The van der Waals surface area contributed by atoms with E-state index in [1.165, 1.54) is 0 Å². The summed E-state index contributed by atoms with van der Waals surface area (Å²) >= 11 is 3.43. The van der Waals surface area contributed by atoms with Crippen LogP contribution >= 0.6 is 15.9 Å². The Hall–Kier alpha value is -2.26. The zero-order valence-corrected chi connectivity index (χ0v) is 12.7. The van der Waals surface area contributed by atoms with Crippen LogP contribution in [0, 0.1) is 0 Å². The molecule has 0 N–H and O–H groups in total. The molecule has 3 rings (SSSR count). The minimum atomic E-state index is 0.672. The number of carbonyl (C=O) groups excluding carboxylic acids is 1. The highest BCUT2D eigenvalue weighted by Gasteiger charge is 2.02. The first-order valence-electron chi connectivity index (χ1n) is 6.54. The van der Waals surface area contributed by atoms with Crippen molar-refractivity contribution in [2.75, 3.05) is 0 Å². The van der Waals surface area contributed by atoms with Crippen molar-refractivity contribution < 1.29 is 4.79 Å². The van der Waals surface area contributed by atoms with E-state index in [1.54, 1.807) is 12.1 Å². The Kier molecular flexibility index (Phi) is 3.93. The van der Waals surface area contributed by atoms with Crippen LogP contribution in [0.15, 0.2) is 71.3 Å². The summed E-state index contributed by atoms with van der Waals surface area (Å²) < 4.78 is 1.06. The monoisotopic (exact) mass is 337 g/mol. The van der Waals surface area contributed by atoms with E-state index in [9.17, 15) is 4.79 Å². The van der Waals surface area contributed by atoms with Gasteiger partial charge in [-0.25, -0.2) is 0 Å². The van der Waals surface area contributed by atoms with Crippen LogP contribution in [0.3, 0.4) is 0 Å². The number of aromatic nitrogens is 1. The van der Waals surface area contributed by atoms with E-state index in [1.807, 2.05) is 36.5 Å². The van der Waals surface area contributed by atoms with Crippen LogP contribution in [-0.4, -0.2) is 11.3 Å². The molecule has 3 heteroatoms. The van der Waals surface area contributed by atoms with Crippen molar-refractivity contribution in [3.05, 3.63) is 76.9 Å². The molecule has 0 unspecified atom stereocenters. The molecule has 0 aliphatic heterocycles. The average Bonchev–Trinajstić information content (AvgIpc) is 2.56. The molecule has 0 spiro atoms. The Bertz CT molecular complexity index is 747. The zero-order valence-electron chi connectivity index (χ0n) is 11.2. The topological polar surface area (TPSA) is 30.0 Å². The number of aldehydes is 1. The minimum absolute atomic E-state index is 0.672. The molecule has 0 saturated heterocycles. The van der Waals surface area contributed by atoms with Gasteiger partial charge in [0.1, 0.15) is 6.29 Å². The number of carbonyl (C=O) groups is 1. The molecule has 2 nitrogen and oxygen atoms in total. The van der Waals surface area contributed by atoms with E-state index in [2.05, 4.69) is 39.1 Å². The van der Waals surface area contributed by atoms with Crippen molar-refractivity contribution >= 4 is 22.2 Å². The fraction of sp³-hybridized carbons (Fsp3) is 0. The third kappa shape index (κ3) is 3.09. The van der Waals surface area contributed by atoms with Gasteiger partial charge >= 0.3 is 0 Å². The maximum Gasteiger partial charge on any atom is 0.150 e. The fourth-order valence-electron chi connectivity index (χ4n) is 2.11. The third-order valence-electron chi connectivity index (χ3n) is 3.28. The van der Waals surface area contributed by atoms with E-state index in [4.69, 9.17) is 0 Å². The number of halogens is 1. The van der Waals surface area contributed by atoms with E-state index >= 15 is 0 Å². The van der Waals surface area contributed by atoms with Gasteiger partial charge in [-0.3, -0.25) is 9.78 Å². The van der Waals surface area contributed by atoms with Crippen LogP contribution in [0.5, 0.6) is 0 Å². The summed E-state index contributed by atoms with van der Waals surface area (Å²) in [7, 11) is 0. The lowest BCUT2D eigenvalue weighted by molar-refractivity contribution is 0.112. The number of hydrogen-bond donors (Lipinski definition) is 0. The molecule has 0 bridgehead atoms. The van der Waals surface area contributed by atoms with Crippen molar-refractivity contribution in [3.8, 4) is 22.4 Å². The molecule has 21 heavy (non-hydrogen) atoms. The van der Waals surface area contributed by atoms with Gasteiger partial charge in [0.25, 0.3) is 0 Å². The summed E-state index contributed by atoms with van der Waals surface area (Å²) in [5.74, 6) is 0. The molecule has 0 atom stereocenters. The normalized spacial score (nSPS) is 10.3. The smallest absolute Gasteiger partial charge is 0.150 e. The third-order valence-corrected chi connectivity index (χ3v) is 3.81. The number of rotatable bonds is 3. The van der Waals surface area contributed by atoms with Gasteiger partial charge in [0.2, 0.25) is 0 Å². The Labute approximate surface area is 131 Å². The molecule has 1 heterocycles. The largest absolute Gasteiger partial charge is 0.298 e. The predicted octanol–water partition coefficient (Wildman–Crippen LogP) is 4.99. The van der Waals surface area contributed by atoms with Gasteiger partial charge < -0.3 is 0 Å². The molecule has 0 radical (unpaired) electrons. The van der Waals surface area contributed by atoms with Gasteiger partial charge in [-0.1, -0.05) is 58.4 Å². The molecule has 0 saturated carbocycles. The van der Waals surface area contributed by atoms with E-state index in [0.29, 0.717) is 5.56 Å². The van der Waals surface area contributed by atoms with Gasteiger partial charge in [0.05, 0.1) is 5.69 Å². The lowest BCUT2D eigenvalue weighted by atomic mass is 10.1. The molecule has 3 aromatic rings. The summed E-state index contributed by atoms with van der Waals surface area (Å²) in [6, 6.07) is 19.6. The molecule has 0 amide bonds. The fourth-order valence-corrected chi connectivity index (χ4v) is 2.37. The maximum absolute atomic E-state index is 10.7. The second-order valence-electron chi connectivity index (χ2n) is 4.68. The Balaban J connectivity index is 1.89. The zero-order chi connectivity index (χ0) is 14.7. The summed E-state index contributed by atoms with van der Waals surface area (Å²) in [6.07, 6.45) is 2.71. The highest BCUT2D eigenvalue weighted by Crippen LogP contribution is 2.24. The number of nitrogens with zero attached hydrogens (tertiary/aromatic N) is 1. The molecule has 0 aliphatic carbocycles. The summed E-state index contributed by atoms with van der Waals surface area (Å²) in [5.41, 5.74) is 4.78. The number of pyridine rings is 1. The predicted molar refractivity (Wildman–Crippen MR) is 88.2 cm³/mol. The molecule has 0 aliphatic rings. The molecular formula is C18H12BrNO. The lowest BCUT2D eigenvalue weighted by Gasteiger charge is -2.04. The Morgan fingerprint density at radius 3 is 1.95 bits per heavy atom. The first kappa shape index (κ1) is 13.7. The highest BCUT2D eigenvalue weighted by molar-refractivity contribution is 9.10. The van der Waals surface area contributed by atoms with Crippen LogP contribution in [0.2, 0.25) is 0 Å². The summed E-state index contributed by atoms with van der Waals surface area (Å²) in [4.78, 5) is 15.2. The molecule has 2 aromatic carbocycles. The van der Waals surface area contributed by atoms with Crippen LogP contribution in [-0.2, 0) is 0 Å². The van der Waals surface area contributed by atoms with Crippen molar-refractivity contribution in [3.63, 3.8) is 0 Å². The van der Waals surface area contributed by atoms with Crippen molar-refractivity contribution in [1.82, 2.24) is 4.98 Å². The van der Waals surface area contributed by atoms with Crippen LogP contribution in [0.4, 0.5) is 0 Å². The van der Waals surface area contributed by atoms with Gasteiger partial charge in [-0.05, 0) is 23.8 Å². The minimum Gasteiger partial charge on any atom is -0.298 e. The Morgan fingerprint density at radius 1 is 0.762 bits per heavy atom. The van der Waals surface area contributed by atoms with E-state index in [0.717, 1.165) is 33.1 Å². The average molecular weight is 338 g/mol. The molecule has 1 aromatic heterocycles. The number of benzene rings is 2. The number of hydrogen-bond acceptors (Lipinski definition) is 2. The second-order valence-corrected chi connectivity index (χ2v) is 5.59. The SMILES string of the molecule is O=Cc1ccc(-c2ccc(-c3ccc(Br)cc3)cn2)cc1. The van der Waals surface area contributed by atoms with Crippen molar-refractivity contribution in [2.45, 2.75) is 0 Å². The van der Waals surface area contributed by atoms with Crippen LogP contribution in [0.25, 0.3) is 22.4 Å². The highest BCUT2D eigenvalue weighted by atomic mass is 79.9. The molecular weight excluding hydrogens is 326 g/mol. The first-order valence-corrected chi connectivity index (χ1v) is 7.33. The van der Waals surface area contributed by atoms with Crippen LogP contribution < -0.4 is 0 Å². The van der Waals surface area contributed by atoms with Gasteiger partial charge in [0.15, 0.2) is 0 Å². The summed E-state index contributed by atoms with van der Waals surface area (Å²) in [6.45, 7) is 0. The summed E-state index contributed by atoms with van der Waals surface area (Å²) in [5, 5.41) is 0. The molecule has 102 valence electrons. The quantitative estimate of drug-likeness (QED) is 0.630. The van der Waals surface area contributed by atoms with E-state index in [-0.39, 0.29) is 0 Å². The Morgan fingerprint density at radius 2 is 1.38 bits per heavy atom. The lowest BCUT2D eigenvalue weighted by Crippen LogP contribution is -1.86. The van der Waals surface area contributed by atoms with Gasteiger partial charge in [-0.2, -0.15) is 0 Å². The van der Waals surface area contributed by atoms with Gasteiger partial charge in [0, 0.05) is 27.4 Å². The first-order chi connectivity index (χ1) is 10.3. The maximum atomic E-state index is 10.7. The van der Waals surface area contributed by atoms with E-state index < -0.39 is 0 Å².